The molecule has 6 heteroatoms. The zero-order valence-corrected chi connectivity index (χ0v) is 14.4. The van der Waals surface area contributed by atoms with Crippen LogP contribution in [-0.2, 0) is 17.4 Å². The third-order valence-electron chi connectivity index (χ3n) is 4.46. The van der Waals surface area contributed by atoms with Crippen LogP contribution in [0.2, 0.25) is 0 Å². The minimum Gasteiger partial charge on any atom is -0.460 e. The number of rotatable bonds is 4. The molecule has 124 valence electrons. The lowest BCUT2D eigenvalue weighted by Gasteiger charge is -2.37. The molecule has 0 spiro atoms. The van der Waals surface area contributed by atoms with Crippen LogP contribution in [0.4, 0.5) is 10.1 Å². The summed E-state index contributed by atoms with van der Waals surface area (Å²) in [6.07, 6.45) is 0.948. The minimum absolute atomic E-state index is 0.308. The fourth-order valence-electron chi connectivity index (χ4n) is 3.15. The van der Waals surface area contributed by atoms with Gasteiger partial charge in [-0.3, -0.25) is 4.39 Å². The number of fused-ring (bicyclic) bond motifs is 1. The van der Waals surface area contributed by atoms with E-state index in [-0.39, 0.29) is 0 Å². The number of hydrogen-bond donors (Lipinski definition) is 1. The summed E-state index contributed by atoms with van der Waals surface area (Å²) in [5, 5.41) is 12.5. The van der Waals surface area contributed by atoms with Crippen molar-refractivity contribution in [2.75, 3.05) is 12.0 Å². The SMILES string of the molecule is Cn1c(C#N)ccc1-c1ccc2c(c1)[C@](C)(CCCF)OC(=S)N2. The Balaban J connectivity index is 2.08. The van der Waals surface area contributed by atoms with Gasteiger partial charge < -0.3 is 14.6 Å². The van der Waals surface area contributed by atoms with Gasteiger partial charge in [0.15, 0.2) is 0 Å². The monoisotopic (exact) mass is 343 g/mol. The molecule has 0 saturated heterocycles. The first-order valence-corrected chi connectivity index (χ1v) is 8.16. The summed E-state index contributed by atoms with van der Waals surface area (Å²) in [5.41, 5.74) is 3.67. The van der Waals surface area contributed by atoms with E-state index in [9.17, 15) is 4.39 Å². The van der Waals surface area contributed by atoms with Crippen molar-refractivity contribution in [2.24, 2.45) is 7.05 Å². The number of halogens is 1. The Kier molecular flexibility index (Phi) is 4.29. The highest BCUT2D eigenvalue weighted by Gasteiger charge is 2.36. The van der Waals surface area contributed by atoms with Crippen molar-refractivity contribution in [1.82, 2.24) is 4.57 Å². The first kappa shape index (κ1) is 16.5. The molecule has 0 amide bonds. The number of thiocarbonyl (C=S) groups is 1. The lowest BCUT2D eigenvalue weighted by Crippen LogP contribution is -2.37. The zero-order chi connectivity index (χ0) is 17.3. The van der Waals surface area contributed by atoms with E-state index in [1.807, 2.05) is 42.8 Å². The van der Waals surface area contributed by atoms with Crippen LogP contribution in [0, 0.1) is 11.3 Å². The first-order chi connectivity index (χ1) is 11.5. The van der Waals surface area contributed by atoms with E-state index < -0.39 is 12.3 Å². The van der Waals surface area contributed by atoms with Crippen LogP contribution in [0.25, 0.3) is 11.3 Å². The van der Waals surface area contributed by atoms with E-state index in [1.54, 1.807) is 6.07 Å². The summed E-state index contributed by atoms with van der Waals surface area (Å²) in [6.45, 7) is 1.54. The molecule has 4 nitrogen and oxygen atoms in total. The molecule has 3 rings (SSSR count). The highest BCUT2D eigenvalue weighted by Crippen LogP contribution is 2.41. The molecule has 0 radical (unpaired) electrons. The van der Waals surface area contributed by atoms with Crippen LogP contribution in [0.5, 0.6) is 0 Å². The van der Waals surface area contributed by atoms with Crippen molar-refractivity contribution in [3.05, 3.63) is 41.6 Å². The van der Waals surface area contributed by atoms with Gasteiger partial charge >= 0.3 is 0 Å². The highest BCUT2D eigenvalue weighted by molar-refractivity contribution is 7.80. The highest BCUT2D eigenvalue weighted by atomic mass is 32.1. The van der Waals surface area contributed by atoms with Crippen LogP contribution in [0.3, 0.4) is 0 Å². The minimum atomic E-state index is -0.664. The van der Waals surface area contributed by atoms with Crippen molar-refractivity contribution in [2.45, 2.75) is 25.4 Å². The van der Waals surface area contributed by atoms with Crippen molar-refractivity contribution in [3.8, 4) is 17.3 Å². The Morgan fingerprint density at radius 1 is 1.38 bits per heavy atom. The number of hydrogen-bond acceptors (Lipinski definition) is 3. The van der Waals surface area contributed by atoms with Gasteiger partial charge in [0.25, 0.3) is 5.17 Å². The smallest absolute Gasteiger partial charge is 0.262 e. The van der Waals surface area contributed by atoms with Gasteiger partial charge in [-0.05, 0) is 61.8 Å². The Hall–Kier alpha value is -2.39. The van der Waals surface area contributed by atoms with E-state index in [1.165, 1.54) is 0 Å². The van der Waals surface area contributed by atoms with E-state index in [2.05, 4.69) is 11.4 Å². The number of ether oxygens (including phenoxy) is 1. The van der Waals surface area contributed by atoms with Crippen molar-refractivity contribution in [3.63, 3.8) is 0 Å². The number of nitrogens with one attached hydrogen (secondary N) is 1. The number of benzene rings is 1. The van der Waals surface area contributed by atoms with E-state index in [0.717, 1.165) is 22.5 Å². The molecule has 24 heavy (non-hydrogen) atoms. The zero-order valence-electron chi connectivity index (χ0n) is 13.6. The van der Waals surface area contributed by atoms with Gasteiger partial charge in [-0.2, -0.15) is 5.26 Å². The third kappa shape index (κ3) is 2.76. The number of nitriles is 1. The molecule has 1 aliphatic rings. The number of anilines is 1. The van der Waals surface area contributed by atoms with Crippen LogP contribution in [-0.4, -0.2) is 16.4 Å². The van der Waals surface area contributed by atoms with Crippen LogP contribution >= 0.6 is 12.2 Å². The van der Waals surface area contributed by atoms with E-state index in [4.69, 9.17) is 22.2 Å². The number of aromatic nitrogens is 1. The molecule has 1 aromatic carbocycles. The molecule has 1 aliphatic heterocycles. The molecular weight excluding hydrogens is 325 g/mol. The summed E-state index contributed by atoms with van der Waals surface area (Å²) in [5.74, 6) is 0. The molecule has 0 fully saturated rings. The lowest BCUT2D eigenvalue weighted by molar-refractivity contribution is 0.0591. The van der Waals surface area contributed by atoms with Gasteiger partial charge in [0.1, 0.15) is 17.4 Å². The summed E-state index contributed by atoms with van der Waals surface area (Å²) in [4.78, 5) is 0. The van der Waals surface area contributed by atoms with Gasteiger partial charge in [-0.1, -0.05) is 6.07 Å². The Morgan fingerprint density at radius 3 is 2.83 bits per heavy atom. The second-order valence-corrected chi connectivity index (χ2v) is 6.44. The average molecular weight is 343 g/mol. The normalized spacial score (nSPS) is 19.2. The summed E-state index contributed by atoms with van der Waals surface area (Å²) in [6, 6.07) is 11.8. The lowest BCUT2D eigenvalue weighted by atomic mass is 9.87. The fraction of sp³-hybridized carbons (Fsp3) is 0.333. The maximum Gasteiger partial charge on any atom is 0.262 e. The molecule has 2 aromatic rings. The molecule has 1 N–H and O–H groups in total. The fourth-order valence-corrected chi connectivity index (χ4v) is 3.44. The van der Waals surface area contributed by atoms with Gasteiger partial charge in [0.05, 0.1) is 6.67 Å². The van der Waals surface area contributed by atoms with E-state index in [0.29, 0.717) is 23.7 Å². The van der Waals surface area contributed by atoms with Gasteiger partial charge in [-0.15, -0.1) is 0 Å². The predicted molar refractivity (Wildman–Crippen MR) is 95.4 cm³/mol. The standard InChI is InChI=1S/C18H18FN3OS/c1-18(8-3-9-19)14-10-12(4-6-15(14)21-17(24)23-18)16-7-5-13(11-20)22(16)2/h4-7,10H,3,8-9H2,1-2H3,(H,21,24)/t18-/m0/s1. The van der Waals surface area contributed by atoms with Crippen molar-refractivity contribution in [1.29, 1.82) is 5.26 Å². The summed E-state index contributed by atoms with van der Waals surface area (Å²) >= 11 is 5.18. The first-order valence-electron chi connectivity index (χ1n) is 7.75. The maximum absolute atomic E-state index is 12.7. The predicted octanol–water partition coefficient (Wildman–Crippen LogP) is 4.26. The number of nitrogens with zero attached hydrogens (tertiary/aromatic N) is 2. The molecule has 1 aromatic heterocycles. The quantitative estimate of drug-likeness (QED) is 0.843. The summed E-state index contributed by atoms with van der Waals surface area (Å²) in [7, 11) is 1.86. The van der Waals surface area contributed by atoms with Gasteiger partial charge in [-0.25, -0.2) is 0 Å². The maximum atomic E-state index is 12.7. The Morgan fingerprint density at radius 2 is 2.17 bits per heavy atom. The third-order valence-corrected chi connectivity index (χ3v) is 4.65. The second kappa shape index (κ2) is 6.25. The van der Waals surface area contributed by atoms with Gasteiger partial charge in [0, 0.05) is 24.0 Å². The Labute approximate surface area is 145 Å². The largest absolute Gasteiger partial charge is 0.460 e. The summed E-state index contributed by atoms with van der Waals surface area (Å²) < 4.78 is 20.4. The molecule has 0 aliphatic carbocycles. The molecular formula is C18H18FN3OS. The van der Waals surface area contributed by atoms with Crippen LogP contribution in [0.1, 0.15) is 31.0 Å². The van der Waals surface area contributed by atoms with Crippen molar-refractivity contribution < 1.29 is 9.13 Å². The molecule has 0 unspecified atom stereocenters. The topological polar surface area (TPSA) is 50.0 Å². The van der Waals surface area contributed by atoms with Crippen molar-refractivity contribution >= 4 is 23.1 Å². The van der Waals surface area contributed by atoms with Crippen LogP contribution < -0.4 is 5.32 Å². The molecule has 0 saturated carbocycles. The van der Waals surface area contributed by atoms with E-state index >= 15 is 0 Å². The van der Waals surface area contributed by atoms with Crippen LogP contribution in [0.15, 0.2) is 30.3 Å². The molecule has 0 bridgehead atoms. The molecule has 1 atom stereocenters. The average Bonchev–Trinajstić information content (AvgIpc) is 2.93. The number of alkyl halides is 1. The van der Waals surface area contributed by atoms with Gasteiger partial charge in [0.2, 0.25) is 0 Å². The molecule has 2 heterocycles. The Bertz CT molecular complexity index is 839. The second-order valence-electron chi connectivity index (χ2n) is 6.07.